The fourth-order valence-corrected chi connectivity index (χ4v) is 3.54. The number of benzene rings is 2. The summed E-state index contributed by atoms with van der Waals surface area (Å²) in [6, 6.07) is 15.6. The van der Waals surface area contributed by atoms with Gasteiger partial charge in [0.05, 0.1) is 4.53 Å². The zero-order valence-electron chi connectivity index (χ0n) is 14.7. The largest absolute Gasteiger partial charge is 0.427 e. The molecule has 0 aliphatic rings. The first-order valence-corrected chi connectivity index (χ1v) is 9.12. The zero-order valence-corrected chi connectivity index (χ0v) is 15.5. The fourth-order valence-electron chi connectivity index (χ4n) is 2.64. The monoisotopic (exact) mass is 391 g/mol. The lowest BCUT2D eigenvalue weighted by Crippen LogP contribution is -2.26. The summed E-state index contributed by atoms with van der Waals surface area (Å²) in [5.74, 6) is 0.0174. The van der Waals surface area contributed by atoms with Crippen LogP contribution in [0.5, 0.6) is 5.75 Å². The highest BCUT2D eigenvalue weighted by Gasteiger charge is 2.12. The number of aromatic nitrogens is 3. The molecule has 138 valence electrons. The number of fused-ring (bicyclic) bond motifs is 1. The Morgan fingerprint density at radius 3 is 2.46 bits per heavy atom. The molecule has 2 aromatic heterocycles. The first-order chi connectivity index (χ1) is 13.5. The molecule has 0 N–H and O–H groups in total. The highest BCUT2D eigenvalue weighted by Crippen LogP contribution is 2.14. The molecule has 0 atom stereocenters. The number of rotatable bonds is 3. The predicted molar refractivity (Wildman–Crippen MR) is 105 cm³/mol. The third-order valence-corrected chi connectivity index (χ3v) is 4.83. The third kappa shape index (κ3) is 3.45. The molecule has 0 fully saturated rings. The number of esters is 1. The second kappa shape index (κ2) is 7.16. The van der Waals surface area contributed by atoms with Crippen molar-refractivity contribution in [2.45, 2.75) is 6.92 Å². The van der Waals surface area contributed by atoms with Gasteiger partial charge in [-0.15, -0.1) is 0 Å². The summed E-state index contributed by atoms with van der Waals surface area (Å²) in [6.45, 7) is 1.33. The Hall–Kier alpha value is -3.65. The Morgan fingerprint density at radius 2 is 1.79 bits per heavy atom. The molecule has 0 aliphatic heterocycles. The summed E-state index contributed by atoms with van der Waals surface area (Å²) in [4.78, 5) is 40.2. The molecule has 4 rings (SSSR count). The summed E-state index contributed by atoms with van der Waals surface area (Å²) >= 11 is 1.09. The Morgan fingerprint density at radius 1 is 1.07 bits per heavy atom. The maximum atomic E-state index is 12.7. The molecule has 0 radical (unpaired) electrons. The molecule has 0 bridgehead atoms. The van der Waals surface area contributed by atoms with Crippen LogP contribution in [0.4, 0.5) is 0 Å². The summed E-state index contributed by atoms with van der Waals surface area (Å²) < 4.78 is 6.53. The van der Waals surface area contributed by atoms with Crippen LogP contribution in [0.15, 0.2) is 64.2 Å². The van der Waals surface area contributed by atoms with Gasteiger partial charge in [0.25, 0.3) is 5.56 Å². The number of thiazole rings is 1. The smallest absolute Gasteiger partial charge is 0.308 e. The van der Waals surface area contributed by atoms with Gasteiger partial charge in [0.1, 0.15) is 5.75 Å². The van der Waals surface area contributed by atoms with Crippen LogP contribution in [0.25, 0.3) is 22.3 Å². The van der Waals surface area contributed by atoms with E-state index in [1.807, 2.05) is 6.07 Å². The van der Waals surface area contributed by atoms with Crippen LogP contribution >= 0.6 is 11.3 Å². The molecule has 2 heterocycles. The standard InChI is InChI=1S/C20H13N3O4S/c1-12(24)27-15-9-7-13(8-10-15)11-16-19(26)23-20(28-16)21-18(25)17(22-23)14-5-3-2-4-6-14/h2-11H,1H3. The molecule has 28 heavy (non-hydrogen) atoms. The molecular formula is C20H13N3O4S. The minimum absolute atomic E-state index is 0.130. The average Bonchev–Trinajstić information content (AvgIpc) is 2.97. The highest BCUT2D eigenvalue weighted by molar-refractivity contribution is 7.15. The van der Waals surface area contributed by atoms with Crippen molar-refractivity contribution < 1.29 is 9.53 Å². The van der Waals surface area contributed by atoms with Crippen molar-refractivity contribution in [1.82, 2.24) is 14.6 Å². The summed E-state index contributed by atoms with van der Waals surface area (Å²) in [7, 11) is 0. The minimum atomic E-state index is -0.482. The molecule has 0 saturated heterocycles. The second-order valence-corrected chi connectivity index (χ2v) is 6.91. The van der Waals surface area contributed by atoms with Crippen molar-refractivity contribution in [3.05, 3.63) is 85.4 Å². The predicted octanol–water partition coefficient (Wildman–Crippen LogP) is 1.65. The van der Waals surface area contributed by atoms with Crippen molar-refractivity contribution in [2.75, 3.05) is 0 Å². The number of hydrogen-bond donors (Lipinski definition) is 0. The van der Waals surface area contributed by atoms with Gasteiger partial charge >= 0.3 is 11.5 Å². The molecule has 0 unspecified atom stereocenters. The van der Waals surface area contributed by atoms with E-state index < -0.39 is 11.5 Å². The van der Waals surface area contributed by atoms with Gasteiger partial charge < -0.3 is 4.74 Å². The van der Waals surface area contributed by atoms with E-state index in [2.05, 4.69) is 10.1 Å². The van der Waals surface area contributed by atoms with E-state index in [1.165, 1.54) is 6.92 Å². The maximum absolute atomic E-state index is 12.7. The molecule has 0 aliphatic carbocycles. The van der Waals surface area contributed by atoms with E-state index in [0.717, 1.165) is 21.4 Å². The van der Waals surface area contributed by atoms with E-state index in [-0.39, 0.29) is 16.2 Å². The average molecular weight is 391 g/mol. The van der Waals surface area contributed by atoms with Gasteiger partial charge in [-0.3, -0.25) is 14.4 Å². The van der Waals surface area contributed by atoms with Gasteiger partial charge in [-0.1, -0.05) is 53.8 Å². The van der Waals surface area contributed by atoms with Crippen LogP contribution in [0, 0.1) is 0 Å². The number of nitrogens with zero attached hydrogens (tertiary/aromatic N) is 3. The summed E-state index contributed by atoms with van der Waals surface area (Å²) in [6.07, 6.45) is 1.67. The lowest BCUT2D eigenvalue weighted by Gasteiger charge is -2.00. The molecule has 2 aromatic carbocycles. The first kappa shape index (κ1) is 17.7. The quantitative estimate of drug-likeness (QED) is 0.390. The van der Waals surface area contributed by atoms with Crippen LogP contribution in [0.3, 0.4) is 0 Å². The van der Waals surface area contributed by atoms with Crippen molar-refractivity contribution >= 4 is 28.3 Å². The van der Waals surface area contributed by atoms with Crippen LogP contribution < -0.4 is 20.4 Å². The molecule has 0 spiro atoms. The highest BCUT2D eigenvalue weighted by atomic mass is 32.1. The fraction of sp³-hybridized carbons (Fsp3) is 0.0500. The molecule has 7 nitrogen and oxygen atoms in total. The summed E-state index contributed by atoms with van der Waals surface area (Å²) in [5.41, 5.74) is 0.640. The second-order valence-electron chi connectivity index (χ2n) is 5.90. The normalized spacial score (nSPS) is 11.7. The molecule has 8 heteroatoms. The van der Waals surface area contributed by atoms with Crippen molar-refractivity contribution in [3.8, 4) is 17.0 Å². The van der Waals surface area contributed by atoms with Crippen molar-refractivity contribution in [3.63, 3.8) is 0 Å². The minimum Gasteiger partial charge on any atom is -0.427 e. The van der Waals surface area contributed by atoms with Crippen LogP contribution in [0.1, 0.15) is 12.5 Å². The lowest BCUT2D eigenvalue weighted by molar-refractivity contribution is -0.131. The van der Waals surface area contributed by atoms with Crippen molar-refractivity contribution in [1.29, 1.82) is 0 Å². The van der Waals surface area contributed by atoms with Crippen molar-refractivity contribution in [2.24, 2.45) is 0 Å². The van der Waals surface area contributed by atoms with Crippen LogP contribution in [-0.4, -0.2) is 20.6 Å². The first-order valence-electron chi connectivity index (χ1n) is 8.31. The maximum Gasteiger partial charge on any atom is 0.308 e. The van der Waals surface area contributed by atoms with Gasteiger partial charge in [0.15, 0.2) is 5.69 Å². The van der Waals surface area contributed by atoms with Crippen LogP contribution in [-0.2, 0) is 4.79 Å². The Bertz CT molecular complexity index is 1340. The third-order valence-electron chi connectivity index (χ3n) is 3.87. The topological polar surface area (TPSA) is 90.6 Å². The van der Waals surface area contributed by atoms with Gasteiger partial charge in [0.2, 0.25) is 4.96 Å². The van der Waals surface area contributed by atoms with Gasteiger partial charge in [0, 0.05) is 12.5 Å². The Labute approximate surface area is 162 Å². The number of carbonyl (C=O) groups is 1. The van der Waals surface area contributed by atoms with Gasteiger partial charge in [-0.2, -0.15) is 14.6 Å². The SMILES string of the molecule is CC(=O)Oc1ccc(C=c2sc3nc(=O)c(-c4ccccc4)nn3c2=O)cc1. The number of hydrogen-bond acceptors (Lipinski definition) is 7. The van der Waals surface area contributed by atoms with E-state index in [4.69, 9.17) is 4.74 Å². The van der Waals surface area contributed by atoms with Crippen LogP contribution in [0.2, 0.25) is 0 Å². The number of carbonyl (C=O) groups excluding carboxylic acids is 1. The Kier molecular flexibility index (Phi) is 4.54. The molecule has 4 aromatic rings. The molecular weight excluding hydrogens is 378 g/mol. The van der Waals surface area contributed by atoms with E-state index in [1.54, 1.807) is 54.6 Å². The van der Waals surface area contributed by atoms with E-state index >= 15 is 0 Å². The molecule has 0 amide bonds. The zero-order chi connectivity index (χ0) is 19.7. The molecule has 0 saturated carbocycles. The lowest BCUT2D eigenvalue weighted by atomic mass is 10.2. The van der Waals surface area contributed by atoms with E-state index in [9.17, 15) is 14.4 Å². The van der Waals surface area contributed by atoms with Gasteiger partial charge in [-0.25, -0.2) is 0 Å². The number of ether oxygens (including phenoxy) is 1. The summed E-state index contributed by atoms with van der Waals surface area (Å²) in [5, 5.41) is 4.22. The Balaban J connectivity index is 1.80. The van der Waals surface area contributed by atoms with Gasteiger partial charge in [-0.05, 0) is 23.8 Å². The van der Waals surface area contributed by atoms with E-state index in [0.29, 0.717) is 15.8 Å².